The highest BCUT2D eigenvalue weighted by Crippen LogP contribution is 2.68. The predicted molar refractivity (Wildman–Crippen MR) is 208 cm³/mol. The first-order valence-electron chi connectivity index (χ1n) is 17.8. The van der Waals surface area contributed by atoms with E-state index in [-0.39, 0.29) is 0 Å². The van der Waals surface area contributed by atoms with Crippen molar-refractivity contribution in [2.24, 2.45) is 0 Å². The Hall–Kier alpha value is -6.44. The molecule has 0 amide bonds. The molecule has 0 spiro atoms. The average molecular weight is 649 g/mol. The molecule has 0 saturated heterocycles. The molecule has 0 bridgehead atoms. The molecule has 2 aliphatic carbocycles. The first-order chi connectivity index (χ1) is 25.3. The second-order valence-electron chi connectivity index (χ2n) is 13.9. The topological polar surface area (TPSA) is 13.1 Å². The third kappa shape index (κ3) is 3.50. The fraction of sp³-hybridized carbons (Fsp3) is 0.0400. The van der Waals surface area contributed by atoms with Gasteiger partial charge in [0.25, 0.3) is 0 Å². The van der Waals surface area contributed by atoms with E-state index in [1.807, 2.05) is 0 Å². The predicted octanol–water partition coefficient (Wildman–Crippen LogP) is 12.3. The summed E-state index contributed by atoms with van der Waals surface area (Å²) in [4.78, 5) is 0. The number of furan rings is 1. The van der Waals surface area contributed by atoms with Crippen LogP contribution in [0.5, 0.6) is 0 Å². The lowest BCUT2D eigenvalue weighted by Crippen LogP contribution is -2.35. The summed E-state index contributed by atoms with van der Waals surface area (Å²) in [7, 11) is 0. The van der Waals surface area contributed by atoms with Crippen LogP contribution in [-0.4, -0.2) is 0 Å². The van der Waals surface area contributed by atoms with Gasteiger partial charge in [0.1, 0.15) is 11.2 Å². The molecule has 1 nitrogen and oxygen atoms in total. The number of para-hydroxylation sites is 1. The zero-order valence-corrected chi connectivity index (χ0v) is 27.9. The first kappa shape index (κ1) is 28.4. The number of benzene rings is 8. The Bertz CT molecular complexity index is 2700. The second kappa shape index (κ2) is 10.5. The summed E-state index contributed by atoms with van der Waals surface area (Å²) in [6.07, 6.45) is 0. The molecule has 0 radical (unpaired) electrons. The van der Waals surface area contributed by atoms with E-state index in [1.54, 1.807) is 0 Å². The molecular weight excluding hydrogens is 617 g/mol. The van der Waals surface area contributed by atoms with Crippen molar-refractivity contribution in [1.29, 1.82) is 0 Å². The van der Waals surface area contributed by atoms with E-state index < -0.39 is 10.8 Å². The summed E-state index contributed by atoms with van der Waals surface area (Å²) in [6.45, 7) is 0. The van der Waals surface area contributed by atoms with Crippen LogP contribution >= 0.6 is 0 Å². The molecule has 1 aromatic heterocycles. The number of fused-ring (bicyclic) bond motifs is 12. The van der Waals surface area contributed by atoms with E-state index in [0.717, 1.165) is 16.6 Å². The number of hydrogen-bond acceptors (Lipinski definition) is 1. The Morgan fingerprint density at radius 3 is 1.20 bits per heavy atom. The van der Waals surface area contributed by atoms with Gasteiger partial charge < -0.3 is 4.42 Å². The first-order valence-corrected chi connectivity index (χ1v) is 17.8. The third-order valence-electron chi connectivity index (χ3n) is 11.6. The Labute approximate surface area is 297 Å². The van der Waals surface area contributed by atoms with Gasteiger partial charge in [-0.1, -0.05) is 188 Å². The largest absolute Gasteiger partial charge is 0.455 e. The number of rotatable bonds is 4. The van der Waals surface area contributed by atoms with Crippen molar-refractivity contribution in [2.45, 2.75) is 10.8 Å². The van der Waals surface area contributed by atoms with Gasteiger partial charge in [-0.05, 0) is 67.3 Å². The summed E-state index contributed by atoms with van der Waals surface area (Å²) >= 11 is 0. The van der Waals surface area contributed by atoms with Crippen LogP contribution in [0.3, 0.4) is 0 Å². The Morgan fingerprint density at radius 2 is 0.706 bits per heavy atom. The Balaban J connectivity index is 1.50. The highest BCUT2D eigenvalue weighted by atomic mass is 16.3. The van der Waals surface area contributed by atoms with E-state index in [4.69, 9.17) is 4.42 Å². The highest BCUT2D eigenvalue weighted by molar-refractivity contribution is 6.21. The molecule has 0 saturated carbocycles. The second-order valence-corrected chi connectivity index (χ2v) is 13.9. The summed E-state index contributed by atoms with van der Waals surface area (Å²) in [5, 5.41) is 2.33. The zero-order chi connectivity index (χ0) is 33.6. The van der Waals surface area contributed by atoms with Crippen molar-refractivity contribution >= 4 is 21.9 Å². The van der Waals surface area contributed by atoms with Gasteiger partial charge in [0.2, 0.25) is 0 Å². The van der Waals surface area contributed by atoms with Crippen molar-refractivity contribution in [1.82, 2.24) is 0 Å². The van der Waals surface area contributed by atoms with Crippen LogP contribution in [-0.2, 0) is 10.8 Å². The normalized spacial score (nSPS) is 14.6. The highest BCUT2D eigenvalue weighted by Gasteiger charge is 2.57. The Kier molecular flexibility index (Phi) is 5.86. The molecule has 1 heterocycles. The van der Waals surface area contributed by atoms with Crippen LogP contribution in [0.25, 0.3) is 44.2 Å². The van der Waals surface area contributed by atoms with Crippen LogP contribution in [0.4, 0.5) is 0 Å². The lowest BCUT2D eigenvalue weighted by molar-refractivity contribution is 0.666. The summed E-state index contributed by atoms with van der Waals surface area (Å²) in [6, 6.07) is 71.5. The average Bonchev–Trinajstić information content (AvgIpc) is 3.85. The molecule has 0 N–H and O–H groups in total. The third-order valence-corrected chi connectivity index (χ3v) is 11.6. The molecule has 0 fully saturated rings. The lowest BCUT2D eigenvalue weighted by Gasteiger charge is -2.40. The molecule has 1 heteroatoms. The molecular formula is C50H32O. The van der Waals surface area contributed by atoms with Crippen LogP contribution in [0.1, 0.15) is 44.5 Å². The molecule has 11 rings (SSSR count). The van der Waals surface area contributed by atoms with Crippen LogP contribution in [0.15, 0.2) is 199 Å². The van der Waals surface area contributed by atoms with Crippen molar-refractivity contribution in [2.75, 3.05) is 0 Å². The van der Waals surface area contributed by atoms with Crippen LogP contribution in [0, 0.1) is 0 Å². The lowest BCUT2D eigenvalue weighted by atomic mass is 9.60. The van der Waals surface area contributed by atoms with E-state index in [9.17, 15) is 0 Å². The minimum absolute atomic E-state index is 0.623. The van der Waals surface area contributed by atoms with E-state index in [0.29, 0.717) is 0 Å². The minimum Gasteiger partial charge on any atom is -0.455 e. The molecule has 0 atom stereocenters. The maximum atomic E-state index is 7.14. The van der Waals surface area contributed by atoms with E-state index in [1.165, 1.54) is 72.1 Å². The van der Waals surface area contributed by atoms with Gasteiger partial charge in [-0.15, -0.1) is 0 Å². The molecule has 0 unspecified atom stereocenters. The van der Waals surface area contributed by atoms with Crippen LogP contribution in [0.2, 0.25) is 0 Å². The van der Waals surface area contributed by atoms with Gasteiger partial charge in [-0.25, -0.2) is 0 Å². The van der Waals surface area contributed by atoms with Crippen LogP contribution < -0.4 is 0 Å². The Morgan fingerprint density at radius 1 is 0.333 bits per heavy atom. The summed E-state index contributed by atoms with van der Waals surface area (Å²) in [5.41, 5.74) is 15.7. The molecule has 0 aliphatic heterocycles. The standard InChI is InChI=1S/C50H32O/c1-5-19-33(20-6-1)49(34-21-7-2-8-22-34)40-30-16-13-27-37(40)43-44-39-29-15-18-32-42(39)51-48(44)45-38-28-14-17-31-41(38)50(47(45)46(43)49,35-23-9-3-10-24-35)36-25-11-4-12-26-36/h1-32H. The molecule has 9 aromatic rings. The molecule has 8 aromatic carbocycles. The summed E-state index contributed by atoms with van der Waals surface area (Å²) in [5.74, 6) is 0. The van der Waals surface area contributed by atoms with Gasteiger partial charge >= 0.3 is 0 Å². The van der Waals surface area contributed by atoms with Crippen molar-refractivity contribution < 1.29 is 4.42 Å². The maximum Gasteiger partial charge on any atom is 0.144 e. The van der Waals surface area contributed by atoms with Gasteiger partial charge in [0, 0.05) is 16.3 Å². The van der Waals surface area contributed by atoms with Gasteiger partial charge in [-0.3, -0.25) is 0 Å². The quantitative estimate of drug-likeness (QED) is 0.185. The van der Waals surface area contributed by atoms with Crippen molar-refractivity contribution in [3.63, 3.8) is 0 Å². The maximum absolute atomic E-state index is 7.14. The van der Waals surface area contributed by atoms with Gasteiger partial charge in [-0.2, -0.15) is 0 Å². The van der Waals surface area contributed by atoms with Crippen molar-refractivity contribution in [3.05, 3.63) is 239 Å². The number of hydrogen-bond donors (Lipinski definition) is 0. The molecule has 51 heavy (non-hydrogen) atoms. The molecule has 238 valence electrons. The van der Waals surface area contributed by atoms with E-state index >= 15 is 0 Å². The summed E-state index contributed by atoms with van der Waals surface area (Å²) < 4.78 is 7.14. The smallest absolute Gasteiger partial charge is 0.144 e. The molecule has 2 aliphatic rings. The van der Waals surface area contributed by atoms with Gasteiger partial charge in [0.05, 0.1) is 10.8 Å². The zero-order valence-electron chi connectivity index (χ0n) is 27.9. The monoisotopic (exact) mass is 648 g/mol. The van der Waals surface area contributed by atoms with E-state index in [2.05, 4.69) is 194 Å². The van der Waals surface area contributed by atoms with Gasteiger partial charge in [0.15, 0.2) is 0 Å². The fourth-order valence-corrected chi connectivity index (χ4v) is 9.85. The minimum atomic E-state index is -0.636. The fourth-order valence-electron chi connectivity index (χ4n) is 9.85. The van der Waals surface area contributed by atoms with Crippen molar-refractivity contribution in [3.8, 4) is 22.3 Å². The SMILES string of the molecule is c1ccc(C2(c3ccccc3)c3ccccc3-c3c2c2c(c4c3oc3ccccc34)-c3ccccc3C2(c2ccccc2)c2ccccc2)cc1.